The van der Waals surface area contributed by atoms with Crippen LogP contribution in [0.15, 0.2) is 29.7 Å². The van der Waals surface area contributed by atoms with Crippen molar-refractivity contribution in [1.82, 2.24) is 24.1 Å². The quantitative estimate of drug-likeness (QED) is 0.742. The molecule has 1 aliphatic rings. The molecule has 3 heterocycles. The average Bonchev–Trinajstić information content (AvgIpc) is 3.25. The third kappa shape index (κ3) is 3.80. The summed E-state index contributed by atoms with van der Waals surface area (Å²) in [5.41, 5.74) is 0. The van der Waals surface area contributed by atoms with Crippen molar-refractivity contribution in [2.45, 2.75) is 37.4 Å². The number of anilines is 1. The first kappa shape index (κ1) is 18.6. The SMILES string of the molecule is CC(C)n1cnc(S(=O)(=O)N2CCC(Oc3ccc(N(C)C)nn3)C2)c1. The lowest BCUT2D eigenvalue weighted by Gasteiger charge is -2.16. The van der Waals surface area contributed by atoms with Crippen molar-refractivity contribution in [2.24, 2.45) is 0 Å². The Labute approximate surface area is 153 Å². The molecule has 1 aliphatic heterocycles. The molecule has 142 valence electrons. The molecule has 10 heteroatoms. The van der Waals surface area contributed by atoms with Gasteiger partial charge in [0.2, 0.25) is 5.88 Å². The molecule has 0 N–H and O–H groups in total. The summed E-state index contributed by atoms with van der Waals surface area (Å²) in [6.07, 6.45) is 3.46. The molecular weight excluding hydrogens is 356 g/mol. The molecule has 1 unspecified atom stereocenters. The van der Waals surface area contributed by atoms with Crippen LogP contribution in [0, 0.1) is 0 Å². The van der Waals surface area contributed by atoms with Gasteiger partial charge in [0.25, 0.3) is 10.0 Å². The molecule has 1 atom stereocenters. The lowest BCUT2D eigenvalue weighted by molar-refractivity contribution is 0.204. The fourth-order valence-electron chi connectivity index (χ4n) is 2.66. The standard InChI is InChI=1S/C16H24N6O3S/c1-12(2)21-10-16(17-11-21)26(23,24)22-8-7-13(9-22)25-15-6-5-14(18-19-15)20(3)4/h5-6,10-13H,7-9H2,1-4H3. The molecule has 0 aliphatic carbocycles. The Hall–Kier alpha value is -2.20. The Kier molecular flexibility index (Phi) is 5.15. The van der Waals surface area contributed by atoms with Gasteiger partial charge in [-0.05, 0) is 26.3 Å². The highest BCUT2D eigenvalue weighted by Crippen LogP contribution is 2.23. The number of hydrogen-bond acceptors (Lipinski definition) is 7. The molecule has 0 amide bonds. The first-order valence-corrected chi connectivity index (χ1v) is 9.92. The van der Waals surface area contributed by atoms with E-state index in [1.54, 1.807) is 23.2 Å². The topological polar surface area (TPSA) is 93.5 Å². The van der Waals surface area contributed by atoms with E-state index in [0.717, 1.165) is 5.82 Å². The predicted octanol–water partition coefficient (Wildman–Crippen LogP) is 1.16. The number of aromatic nitrogens is 4. The van der Waals surface area contributed by atoms with Gasteiger partial charge in [0.15, 0.2) is 10.8 Å². The van der Waals surface area contributed by atoms with Crippen LogP contribution in [-0.2, 0) is 10.0 Å². The Morgan fingerprint density at radius 3 is 2.62 bits per heavy atom. The number of ether oxygens (including phenoxy) is 1. The van der Waals surface area contributed by atoms with Crippen LogP contribution in [0.5, 0.6) is 5.88 Å². The van der Waals surface area contributed by atoms with Gasteiger partial charge in [-0.3, -0.25) is 0 Å². The molecule has 0 bridgehead atoms. The molecular formula is C16H24N6O3S. The van der Waals surface area contributed by atoms with E-state index in [-0.39, 0.29) is 23.7 Å². The summed E-state index contributed by atoms with van der Waals surface area (Å²) in [4.78, 5) is 5.90. The Bertz CT molecular complexity index is 847. The van der Waals surface area contributed by atoms with Crippen molar-refractivity contribution < 1.29 is 13.2 Å². The molecule has 2 aromatic heterocycles. The highest BCUT2D eigenvalue weighted by Gasteiger charge is 2.35. The summed E-state index contributed by atoms with van der Waals surface area (Å²) in [7, 11) is 0.144. The third-order valence-corrected chi connectivity index (χ3v) is 6.01. The van der Waals surface area contributed by atoms with E-state index in [1.807, 2.05) is 38.9 Å². The maximum absolute atomic E-state index is 12.7. The summed E-state index contributed by atoms with van der Waals surface area (Å²) < 4.78 is 34.5. The van der Waals surface area contributed by atoms with Gasteiger partial charge in [0.05, 0.1) is 12.9 Å². The molecule has 1 saturated heterocycles. The lowest BCUT2D eigenvalue weighted by Crippen LogP contribution is -2.31. The molecule has 0 radical (unpaired) electrons. The number of rotatable bonds is 6. The van der Waals surface area contributed by atoms with Gasteiger partial charge < -0.3 is 14.2 Å². The van der Waals surface area contributed by atoms with E-state index >= 15 is 0 Å². The average molecular weight is 380 g/mol. The molecule has 9 nitrogen and oxygen atoms in total. The number of nitrogens with zero attached hydrogens (tertiary/aromatic N) is 6. The van der Waals surface area contributed by atoms with Crippen LogP contribution >= 0.6 is 0 Å². The number of sulfonamides is 1. The zero-order valence-electron chi connectivity index (χ0n) is 15.4. The van der Waals surface area contributed by atoms with Gasteiger partial charge in [0, 0.05) is 38.9 Å². The summed E-state index contributed by atoms with van der Waals surface area (Å²) >= 11 is 0. The van der Waals surface area contributed by atoms with Crippen LogP contribution in [0.4, 0.5) is 5.82 Å². The summed E-state index contributed by atoms with van der Waals surface area (Å²) in [5.74, 6) is 1.12. The second-order valence-electron chi connectivity index (χ2n) is 6.77. The zero-order chi connectivity index (χ0) is 18.9. The molecule has 26 heavy (non-hydrogen) atoms. The van der Waals surface area contributed by atoms with E-state index in [2.05, 4.69) is 15.2 Å². The maximum atomic E-state index is 12.7. The van der Waals surface area contributed by atoms with E-state index in [4.69, 9.17) is 4.74 Å². The van der Waals surface area contributed by atoms with Gasteiger partial charge in [-0.15, -0.1) is 10.2 Å². The highest BCUT2D eigenvalue weighted by molar-refractivity contribution is 7.89. The monoisotopic (exact) mass is 380 g/mol. The highest BCUT2D eigenvalue weighted by atomic mass is 32.2. The first-order chi connectivity index (χ1) is 12.3. The zero-order valence-corrected chi connectivity index (χ0v) is 16.2. The summed E-state index contributed by atoms with van der Waals surface area (Å²) in [5, 5.41) is 8.17. The van der Waals surface area contributed by atoms with E-state index in [9.17, 15) is 8.42 Å². The van der Waals surface area contributed by atoms with Gasteiger partial charge in [-0.1, -0.05) is 0 Å². The first-order valence-electron chi connectivity index (χ1n) is 8.48. The molecule has 0 spiro atoms. The van der Waals surface area contributed by atoms with Crippen LogP contribution < -0.4 is 9.64 Å². The molecule has 0 saturated carbocycles. The Morgan fingerprint density at radius 2 is 2.04 bits per heavy atom. The van der Waals surface area contributed by atoms with Crippen LogP contribution in [0.3, 0.4) is 0 Å². The molecule has 1 fully saturated rings. The summed E-state index contributed by atoms with van der Waals surface area (Å²) in [6, 6.07) is 3.71. The van der Waals surface area contributed by atoms with Crippen LogP contribution in [-0.4, -0.2) is 65.8 Å². The minimum atomic E-state index is -3.62. The van der Waals surface area contributed by atoms with Crippen molar-refractivity contribution in [3.05, 3.63) is 24.7 Å². The van der Waals surface area contributed by atoms with E-state index < -0.39 is 10.0 Å². The Balaban J connectivity index is 1.65. The van der Waals surface area contributed by atoms with Crippen LogP contribution in [0.1, 0.15) is 26.3 Å². The van der Waals surface area contributed by atoms with Crippen molar-refractivity contribution in [2.75, 3.05) is 32.1 Å². The lowest BCUT2D eigenvalue weighted by atomic mass is 10.3. The second-order valence-corrected chi connectivity index (χ2v) is 8.65. The number of hydrogen-bond donors (Lipinski definition) is 0. The minimum Gasteiger partial charge on any atom is -0.472 e. The van der Waals surface area contributed by atoms with Gasteiger partial charge in [-0.25, -0.2) is 13.4 Å². The largest absolute Gasteiger partial charge is 0.472 e. The minimum absolute atomic E-state index is 0.0713. The van der Waals surface area contributed by atoms with Crippen molar-refractivity contribution in [3.63, 3.8) is 0 Å². The van der Waals surface area contributed by atoms with Crippen LogP contribution in [0.25, 0.3) is 0 Å². The van der Waals surface area contributed by atoms with E-state index in [1.165, 1.54) is 4.31 Å². The molecule has 2 aromatic rings. The fourth-order valence-corrected chi connectivity index (χ4v) is 4.07. The van der Waals surface area contributed by atoms with Crippen molar-refractivity contribution in [3.8, 4) is 5.88 Å². The fraction of sp³-hybridized carbons (Fsp3) is 0.562. The number of imidazole rings is 1. The van der Waals surface area contributed by atoms with Gasteiger partial charge in [0.1, 0.15) is 6.10 Å². The summed E-state index contributed by atoms with van der Waals surface area (Å²) in [6.45, 7) is 4.61. The van der Waals surface area contributed by atoms with Gasteiger partial charge >= 0.3 is 0 Å². The van der Waals surface area contributed by atoms with Gasteiger partial charge in [-0.2, -0.15) is 4.31 Å². The Morgan fingerprint density at radius 1 is 1.27 bits per heavy atom. The predicted molar refractivity (Wildman–Crippen MR) is 96.8 cm³/mol. The van der Waals surface area contributed by atoms with Crippen molar-refractivity contribution >= 4 is 15.8 Å². The smallest absolute Gasteiger partial charge is 0.262 e. The molecule has 0 aromatic carbocycles. The van der Waals surface area contributed by atoms with E-state index in [0.29, 0.717) is 18.8 Å². The van der Waals surface area contributed by atoms with Crippen molar-refractivity contribution in [1.29, 1.82) is 0 Å². The third-order valence-electron chi connectivity index (χ3n) is 4.26. The molecule has 3 rings (SSSR count). The second kappa shape index (κ2) is 7.20. The maximum Gasteiger partial charge on any atom is 0.262 e. The normalized spacial score (nSPS) is 18.4. The van der Waals surface area contributed by atoms with Crippen LogP contribution in [0.2, 0.25) is 0 Å².